The summed E-state index contributed by atoms with van der Waals surface area (Å²) in [4.78, 5) is 5.03. The summed E-state index contributed by atoms with van der Waals surface area (Å²) in [5.74, 6) is 0. The maximum absolute atomic E-state index is 6.02. The lowest BCUT2D eigenvalue weighted by molar-refractivity contribution is 0.789. The number of aromatic nitrogens is 1. The van der Waals surface area contributed by atoms with Crippen molar-refractivity contribution in [1.29, 1.82) is 0 Å². The third kappa shape index (κ3) is 2.98. The van der Waals surface area contributed by atoms with Crippen LogP contribution in [0.25, 0.3) is 17.0 Å². The molecule has 130 valence electrons. The molecule has 0 N–H and O–H groups in total. The standard InChI is InChI=1S/C24H17ClN2/c25-20-12-10-17(11-13-20)14-21-16-27-22-9-5-4-8-19(22)15-23(27)24(26-21)18-6-2-1-3-7-18/h1-15H,16H2/b21-14-. The highest BCUT2D eigenvalue weighted by Crippen LogP contribution is 2.29. The fraction of sp³-hybridized carbons (Fsp3) is 0.0417. The van der Waals surface area contributed by atoms with Gasteiger partial charge in [0.1, 0.15) is 0 Å². The van der Waals surface area contributed by atoms with Crippen molar-refractivity contribution in [3.05, 3.63) is 112 Å². The van der Waals surface area contributed by atoms with Crippen molar-refractivity contribution in [3.63, 3.8) is 0 Å². The van der Waals surface area contributed by atoms with E-state index >= 15 is 0 Å². The van der Waals surface area contributed by atoms with Crippen LogP contribution in [0.3, 0.4) is 0 Å². The molecule has 0 amide bonds. The quantitative estimate of drug-likeness (QED) is 0.401. The van der Waals surface area contributed by atoms with Crippen LogP contribution in [0.1, 0.15) is 16.8 Å². The average molecular weight is 369 g/mol. The Kier molecular flexibility index (Phi) is 3.92. The molecule has 2 heterocycles. The molecular weight excluding hydrogens is 352 g/mol. The Hall–Kier alpha value is -3.10. The Morgan fingerprint density at radius 2 is 1.59 bits per heavy atom. The number of benzene rings is 3. The van der Waals surface area contributed by atoms with Gasteiger partial charge in [-0.1, -0.05) is 72.3 Å². The Labute approximate surface area is 163 Å². The largest absolute Gasteiger partial charge is 0.333 e. The first-order valence-electron chi connectivity index (χ1n) is 8.97. The number of hydrogen-bond donors (Lipinski definition) is 0. The molecule has 0 bridgehead atoms. The van der Waals surface area contributed by atoms with Crippen LogP contribution in [0.15, 0.2) is 95.6 Å². The minimum atomic E-state index is 0.743. The summed E-state index contributed by atoms with van der Waals surface area (Å²) < 4.78 is 2.35. The Balaban J connectivity index is 1.70. The van der Waals surface area contributed by atoms with E-state index in [0.717, 1.165) is 39.8 Å². The smallest absolute Gasteiger partial charge is 0.0943 e. The zero-order chi connectivity index (χ0) is 18.2. The highest BCUT2D eigenvalue weighted by molar-refractivity contribution is 6.30. The molecule has 0 aliphatic carbocycles. The van der Waals surface area contributed by atoms with Crippen LogP contribution in [-0.4, -0.2) is 10.3 Å². The maximum Gasteiger partial charge on any atom is 0.0943 e. The van der Waals surface area contributed by atoms with Crippen LogP contribution in [0, 0.1) is 0 Å². The van der Waals surface area contributed by atoms with Crippen LogP contribution >= 0.6 is 11.6 Å². The molecule has 0 fully saturated rings. The second-order valence-electron chi connectivity index (χ2n) is 6.69. The molecule has 4 aromatic rings. The number of nitrogens with zero attached hydrogens (tertiary/aromatic N) is 2. The van der Waals surface area contributed by atoms with Crippen LogP contribution in [0.5, 0.6) is 0 Å². The van der Waals surface area contributed by atoms with Crippen LogP contribution in [0.4, 0.5) is 0 Å². The van der Waals surface area contributed by atoms with Gasteiger partial charge in [0.05, 0.1) is 23.6 Å². The third-order valence-corrected chi connectivity index (χ3v) is 5.13. The van der Waals surface area contributed by atoms with Gasteiger partial charge in [-0.15, -0.1) is 0 Å². The van der Waals surface area contributed by atoms with Gasteiger partial charge < -0.3 is 4.57 Å². The van der Waals surface area contributed by atoms with E-state index in [0.29, 0.717) is 0 Å². The van der Waals surface area contributed by atoms with Gasteiger partial charge in [0.15, 0.2) is 0 Å². The molecule has 3 heteroatoms. The molecule has 1 aliphatic heterocycles. The first-order chi connectivity index (χ1) is 13.3. The zero-order valence-electron chi connectivity index (χ0n) is 14.6. The normalized spacial score (nSPS) is 15.0. The molecule has 5 rings (SSSR count). The highest BCUT2D eigenvalue weighted by Gasteiger charge is 2.20. The molecular formula is C24H17ClN2. The minimum absolute atomic E-state index is 0.743. The molecule has 27 heavy (non-hydrogen) atoms. The predicted molar refractivity (Wildman–Crippen MR) is 113 cm³/mol. The summed E-state index contributed by atoms with van der Waals surface area (Å²) in [5.41, 5.74) is 6.67. The number of hydrogen-bond acceptors (Lipinski definition) is 1. The number of halogens is 1. The monoisotopic (exact) mass is 368 g/mol. The van der Waals surface area contributed by atoms with E-state index in [1.807, 2.05) is 30.3 Å². The number of para-hydroxylation sites is 1. The van der Waals surface area contributed by atoms with Crippen molar-refractivity contribution in [2.24, 2.45) is 4.99 Å². The topological polar surface area (TPSA) is 17.3 Å². The number of rotatable bonds is 2. The van der Waals surface area contributed by atoms with Crippen LogP contribution < -0.4 is 0 Å². The summed E-state index contributed by atoms with van der Waals surface area (Å²) in [6, 6.07) is 29.0. The van der Waals surface area contributed by atoms with Crippen molar-refractivity contribution < 1.29 is 0 Å². The van der Waals surface area contributed by atoms with Crippen LogP contribution in [-0.2, 0) is 6.54 Å². The molecule has 0 saturated heterocycles. The van der Waals surface area contributed by atoms with Crippen LogP contribution in [0.2, 0.25) is 5.02 Å². The summed E-state index contributed by atoms with van der Waals surface area (Å²) in [6.07, 6.45) is 2.14. The molecule has 1 aliphatic rings. The summed E-state index contributed by atoms with van der Waals surface area (Å²) in [5, 5.41) is 1.98. The van der Waals surface area contributed by atoms with Gasteiger partial charge in [-0.2, -0.15) is 0 Å². The first kappa shape index (κ1) is 16.1. The van der Waals surface area contributed by atoms with E-state index in [2.05, 4.69) is 65.2 Å². The highest BCUT2D eigenvalue weighted by atomic mass is 35.5. The number of fused-ring (bicyclic) bond motifs is 3. The van der Waals surface area contributed by atoms with Crippen molar-refractivity contribution >= 4 is 34.3 Å². The molecule has 0 unspecified atom stereocenters. The predicted octanol–water partition coefficient (Wildman–Crippen LogP) is 6.19. The molecule has 0 atom stereocenters. The Bertz CT molecular complexity index is 1180. The van der Waals surface area contributed by atoms with Crippen molar-refractivity contribution in [3.8, 4) is 0 Å². The van der Waals surface area contributed by atoms with Gasteiger partial charge in [0.2, 0.25) is 0 Å². The molecule has 0 radical (unpaired) electrons. The number of aliphatic imine (C=N–C) groups is 1. The Morgan fingerprint density at radius 1 is 0.852 bits per heavy atom. The van der Waals surface area contributed by atoms with Crippen molar-refractivity contribution in [2.45, 2.75) is 6.54 Å². The van der Waals surface area contributed by atoms with E-state index in [1.54, 1.807) is 0 Å². The van der Waals surface area contributed by atoms with Crippen molar-refractivity contribution in [1.82, 2.24) is 4.57 Å². The van der Waals surface area contributed by atoms with Gasteiger partial charge in [-0.25, -0.2) is 4.99 Å². The summed E-state index contributed by atoms with van der Waals surface area (Å²) in [6.45, 7) is 0.752. The molecule has 0 saturated carbocycles. The van der Waals surface area contributed by atoms with Crippen molar-refractivity contribution in [2.75, 3.05) is 0 Å². The average Bonchev–Trinajstić information content (AvgIpc) is 3.09. The van der Waals surface area contributed by atoms with E-state index < -0.39 is 0 Å². The third-order valence-electron chi connectivity index (χ3n) is 4.88. The van der Waals surface area contributed by atoms with Gasteiger partial charge in [-0.3, -0.25) is 0 Å². The van der Waals surface area contributed by atoms with E-state index in [4.69, 9.17) is 16.6 Å². The summed E-state index contributed by atoms with van der Waals surface area (Å²) in [7, 11) is 0. The van der Waals surface area contributed by atoms with E-state index in [-0.39, 0.29) is 0 Å². The van der Waals surface area contributed by atoms with E-state index in [9.17, 15) is 0 Å². The van der Waals surface area contributed by atoms with Gasteiger partial charge >= 0.3 is 0 Å². The second kappa shape index (κ2) is 6.57. The fourth-order valence-electron chi connectivity index (χ4n) is 3.61. The summed E-state index contributed by atoms with van der Waals surface area (Å²) >= 11 is 6.02. The minimum Gasteiger partial charge on any atom is -0.333 e. The molecule has 0 spiro atoms. The van der Waals surface area contributed by atoms with E-state index in [1.165, 1.54) is 10.9 Å². The number of allylic oxidation sites excluding steroid dienone is 1. The Morgan fingerprint density at radius 3 is 2.41 bits per heavy atom. The molecule has 2 nitrogen and oxygen atoms in total. The fourth-order valence-corrected chi connectivity index (χ4v) is 3.74. The zero-order valence-corrected chi connectivity index (χ0v) is 15.4. The lowest BCUT2D eigenvalue weighted by Crippen LogP contribution is -2.17. The first-order valence-corrected chi connectivity index (χ1v) is 9.35. The molecule has 1 aromatic heterocycles. The van der Waals surface area contributed by atoms with Gasteiger partial charge in [-0.05, 0) is 35.9 Å². The lowest BCUT2D eigenvalue weighted by atomic mass is 10.1. The molecule has 3 aromatic carbocycles. The van der Waals surface area contributed by atoms with Gasteiger partial charge in [0, 0.05) is 21.5 Å². The SMILES string of the molecule is Clc1ccc(/C=C2/Cn3c(cc4ccccc43)C(c3ccccc3)=N2)cc1. The maximum atomic E-state index is 6.02. The lowest BCUT2D eigenvalue weighted by Gasteiger charge is -2.19. The van der Waals surface area contributed by atoms with Gasteiger partial charge in [0.25, 0.3) is 0 Å². The second-order valence-corrected chi connectivity index (χ2v) is 7.12.